The molecule has 2 aromatic heterocycles. The zero-order valence-corrected chi connectivity index (χ0v) is 15.4. The molecule has 1 unspecified atom stereocenters. The Hall–Kier alpha value is -4.48. The van der Waals surface area contributed by atoms with Crippen molar-refractivity contribution in [3.05, 3.63) is 70.4 Å². The standard InChI is InChI=1S/C18H13N7O5/c1-10(16(26)22-11-5-6-14(20-7-11)23-9-19-8-21-23)24-17(27)12-3-2-4-13(25(29)30)15(12)18(24)28/h2-10H,1H3,(H,22,26). The molecule has 12 heteroatoms. The van der Waals surface area contributed by atoms with Crippen molar-refractivity contribution in [3.63, 3.8) is 0 Å². The third-order valence-electron chi connectivity index (χ3n) is 4.56. The van der Waals surface area contributed by atoms with E-state index in [4.69, 9.17) is 0 Å². The molecular formula is C18H13N7O5. The molecule has 3 heterocycles. The van der Waals surface area contributed by atoms with E-state index in [1.807, 2.05) is 0 Å². The molecule has 1 N–H and O–H groups in total. The Morgan fingerprint density at radius 2 is 2.00 bits per heavy atom. The van der Waals surface area contributed by atoms with Crippen molar-refractivity contribution >= 4 is 29.1 Å². The van der Waals surface area contributed by atoms with E-state index < -0.39 is 34.4 Å². The van der Waals surface area contributed by atoms with Gasteiger partial charge in [-0.1, -0.05) is 6.07 Å². The van der Waals surface area contributed by atoms with Crippen LogP contribution in [0.3, 0.4) is 0 Å². The van der Waals surface area contributed by atoms with E-state index in [0.717, 1.165) is 6.07 Å². The van der Waals surface area contributed by atoms with Gasteiger partial charge in [0.1, 0.15) is 24.3 Å². The lowest BCUT2D eigenvalue weighted by molar-refractivity contribution is -0.385. The van der Waals surface area contributed by atoms with Gasteiger partial charge in [-0.2, -0.15) is 5.10 Å². The molecule has 0 fully saturated rings. The Balaban J connectivity index is 1.53. The molecule has 1 aliphatic heterocycles. The van der Waals surface area contributed by atoms with Gasteiger partial charge in [-0.05, 0) is 25.1 Å². The van der Waals surface area contributed by atoms with Gasteiger partial charge in [0.05, 0.1) is 22.4 Å². The number of nitrogens with zero attached hydrogens (tertiary/aromatic N) is 6. The van der Waals surface area contributed by atoms with Crippen LogP contribution in [0.1, 0.15) is 27.6 Å². The first-order valence-corrected chi connectivity index (χ1v) is 8.65. The molecular weight excluding hydrogens is 394 g/mol. The number of carbonyl (C=O) groups excluding carboxylic acids is 3. The number of nitro groups is 1. The third kappa shape index (κ3) is 3.05. The van der Waals surface area contributed by atoms with Crippen molar-refractivity contribution in [2.24, 2.45) is 0 Å². The number of nitrogens with one attached hydrogen (secondary N) is 1. The minimum absolute atomic E-state index is 0.104. The lowest BCUT2D eigenvalue weighted by Crippen LogP contribution is -2.45. The fraction of sp³-hybridized carbons (Fsp3) is 0.111. The fourth-order valence-electron chi connectivity index (χ4n) is 3.08. The number of fused-ring (bicyclic) bond motifs is 1. The number of nitro benzene ring substituents is 1. The monoisotopic (exact) mass is 407 g/mol. The van der Waals surface area contributed by atoms with Gasteiger partial charge in [-0.3, -0.25) is 29.4 Å². The summed E-state index contributed by atoms with van der Waals surface area (Å²) in [5.41, 5.74) is -0.564. The molecule has 0 saturated carbocycles. The summed E-state index contributed by atoms with van der Waals surface area (Å²) >= 11 is 0. The maximum absolute atomic E-state index is 12.7. The first kappa shape index (κ1) is 18.9. The number of carbonyl (C=O) groups is 3. The Bertz CT molecular complexity index is 1170. The van der Waals surface area contributed by atoms with Crippen LogP contribution in [0.5, 0.6) is 0 Å². The molecule has 1 aromatic carbocycles. The van der Waals surface area contributed by atoms with Gasteiger partial charge in [-0.15, -0.1) is 0 Å². The van der Waals surface area contributed by atoms with Gasteiger partial charge in [0.25, 0.3) is 17.5 Å². The zero-order valence-electron chi connectivity index (χ0n) is 15.4. The molecule has 0 radical (unpaired) electrons. The Kier molecular flexibility index (Phi) is 4.50. The van der Waals surface area contributed by atoms with Crippen LogP contribution in [0, 0.1) is 10.1 Å². The number of aromatic nitrogens is 4. The summed E-state index contributed by atoms with van der Waals surface area (Å²) in [6.07, 6.45) is 4.20. The molecule has 1 aliphatic rings. The van der Waals surface area contributed by atoms with E-state index in [9.17, 15) is 24.5 Å². The molecule has 30 heavy (non-hydrogen) atoms. The normalized spacial score (nSPS) is 13.8. The second-order valence-electron chi connectivity index (χ2n) is 6.35. The second-order valence-corrected chi connectivity index (χ2v) is 6.35. The van der Waals surface area contributed by atoms with Gasteiger partial charge in [-0.25, -0.2) is 14.6 Å². The molecule has 4 rings (SSSR count). The van der Waals surface area contributed by atoms with Gasteiger partial charge in [0.15, 0.2) is 5.82 Å². The van der Waals surface area contributed by atoms with Crippen LogP contribution in [0.2, 0.25) is 0 Å². The highest BCUT2D eigenvalue weighted by Gasteiger charge is 2.44. The highest BCUT2D eigenvalue weighted by molar-refractivity contribution is 6.24. The highest BCUT2D eigenvalue weighted by Crippen LogP contribution is 2.32. The number of anilines is 1. The minimum atomic E-state index is -1.20. The lowest BCUT2D eigenvalue weighted by atomic mass is 10.1. The minimum Gasteiger partial charge on any atom is -0.323 e. The summed E-state index contributed by atoms with van der Waals surface area (Å²) in [5, 5.41) is 17.7. The SMILES string of the molecule is CC(C(=O)Nc1ccc(-n2cncn2)nc1)N1C(=O)c2cccc([N+](=O)[O-])c2C1=O. The number of hydrogen-bond acceptors (Lipinski definition) is 8. The Labute approximate surface area is 168 Å². The molecule has 3 amide bonds. The predicted octanol–water partition coefficient (Wildman–Crippen LogP) is 1.19. The number of amides is 3. The highest BCUT2D eigenvalue weighted by atomic mass is 16.6. The smallest absolute Gasteiger partial charge is 0.282 e. The fourth-order valence-corrected chi connectivity index (χ4v) is 3.08. The van der Waals surface area contributed by atoms with Crippen LogP contribution in [0.4, 0.5) is 11.4 Å². The molecule has 3 aromatic rings. The maximum Gasteiger partial charge on any atom is 0.282 e. The van der Waals surface area contributed by atoms with Crippen LogP contribution < -0.4 is 5.32 Å². The number of rotatable bonds is 5. The van der Waals surface area contributed by atoms with Crippen molar-refractivity contribution in [2.75, 3.05) is 5.32 Å². The summed E-state index contributed by atoms with van der Waals surface area (Å²) in [6.45, 7) is 1.36. The third-order valence-corrected chi connectivity index (χ3v) is 4.56. The quantitative estimate of drug-likeness (QED) is 0.376. The summed E-state index contributed by atoms with van der Waals surface area (Å²) in [5.74, 6) is -1.82. The zero-order chi connectivity index (χ0) is 21.4. The largest absolute Gasteiger partial charge is 0.323 e. The van der Waals surface area contributed by atoms with Crippen molar-refractivity contribution in [1.29, 1.82) is 0 Å². The van der Waals surface area contributed by atoms with Gasteiger partial charge in [0.2, 0.25) is 5.91 Å². The van der Waals surface area contributed by atoms with Crippen LogP contribution in [-0.2, 0) is 4.79 Å². The molecule has 0 bridgehead atoms. The van der Waals surface area contributed by atoms with Crippen LogP contribution in [-0.4, -0.2) is 53.3 Å². The molecule has 0 spiro atoms. The average Bonchev–Trinajstić information content (AvgIpc) is 3.35. The van der Waals surface area contributed by atoms with Gasteiger partial charge < -0.3 is 5.32 Å². The van der Waals surface area contributed by atoms with Crippen molar-refractivity contribution in [3.8, 4) is 5.82 Å². The molecule has 12 nitrogen and oxygen atoms in total. The van der Waals surface area contributed by atoms with Gasteiger partial charge >= 0.3 is 0 Å². The lowest BCUT2D eigenvalue weighted by Gasteiger charge is -2.21. The Morgan fingerprint density at radius 3 is 2.63 bits per heavy atom. The van der Waals surface area contributed by atoms with Crippen LogP contribution in [0.25, 0.3) is 5.82 Å². The van der Waals surface area contributed by atoms with E-state index in [2.05, 4.69) is 20.4 Å². The number of hydrogen-bond donors (Lipinski definition) is 1. The summed E-state index contributed by atoms with van der Waals surface area (Å²) in [6, 6.07) is 5.74. The van der Waals surface area contributed by atoms with E-state index in [0.29, 0.717) is 16.4 Å². The number of benzene rings is 1. The first-order valence-electron chi connectivity index (χ1n) is 8.65. The Morgan fingerprint density at radius 1 is 1.20 bits per heavy atom. The second kappa shape index (κ2) is 7.16. The van der Waals surface area contributed by atoms with E-state index in [-0.39, 0.29) is 11.1 Å². The van der Waals surface area contributed by atoms with E-state index in [1.165, 1.54) is 42.6 Å². The van der Waals surface area contributed by atoms with Gasteiger partial charge in [0, 0.05) is 6.07 Å². The van der Waals surface area contributed by atoms with Crippen LogP contribution >= 0.6 is 0 Å². The van der Waals surface area contributed by atoms with E-state index >= 15 is 0 Å². The molecule has 150 valence electrons. The van der Waals surface area contributed by atoms with Crippen molar-refractivity contribution in [1.82, 2.24) is 24.6 Å². The van der Waals surface area contributed by atoms with Crippen molar-refractivity contribution < 1.29 is 19.3 Å². The number of pyridine rings is 1. The van der Waals surface area contributed by atoms with E-state index in [1.54, 1.807) is 12.1 Å². The van der Waals surface area contributed by atoms with Crippen molar-refractivity contribution in [2.45, 2.75) is 13.0 Å². The maximum atomic E-state index is 12.7. The average molecular weight is 407 g/mol. The van der Waals surface area contributed by atoms with Crippen LogP contribution in [0.15, 0.2) is 49.2 Å². The number of imide groups is 1. The summed E-state index contributed by atoms with van der Waals surface area (Å²) < 4.78 is 1.43. The first-order chi connectivity index (χ1) is 14.4. The summed E-state index contributed by atoms with van der Waals surface area (Å²) in [7, 11) is 0. The predicted molar refractivity (Wildman–Crippen MR) is 101 cm³/mol. The molecule has 0 aliphatic carbocycles. The molecule has 0 saturated heterocycles. The molecule has 1 atom stereocenters. The summed E-state index contributed by atoms with van der Waals surface area (Å²) in [4.78, 5) is 57.1. The topological polar surface area (TPSA) is 153 Å².